The molecule has 4 unspecified atom stereocenters. The number of carbonyl (C=O) groups is 1. The summed E-state index contributed by atoms with van der Waals surface area (Å²) in [6.07, 6.45) is -1.80. The van der Waals surface area contributed by atoms with Crippen LogP contribution in [0.1, 0.15) is 36.7 Å². The van der Waals surface area contributed by atoms with Crippen LogP contribution < -0.4 is 0 Å². The third-order valence-corrected chi connectivity index (χ3v) is 7.75. The molecule has 0 spiro atoms. The van der Waals surface area contributed by atoms with Crippen LogP contribution in [-0.4, -0.2) is 40.9 Å². The van der Waals surface area contributed by atoms with E-state index < -0.39 is 34.2 Å². The Kier molecular flexibility index (Phi) is 11.8. The van der Waals surface area contributed by atoms with Gasteiger partial charge >= 0.3 is 5.79 Å². The molecule has 3 aromatic rings. The number of oxime groups is 1. The summed E-state index contributed by atoms with van der Waals surface area (Å²) in [4.78, 5) is 18.9. The number of hydrogen-bond acceptors (Lipinski definition) is 5. The van der Waals surface area contributed by atoms with Crippen molar-refractivity contribution in [3.05, 3.63) is 101 Å². The maximum Gasteiger partial charge on any atom is 0.323 e. The van der Waals surface area contributed by atoms with Gasteiger partial charge < -0.3 is 9.94 Å². The molecule has 0 bridgehead atoms. The number of aryl methyl sites for hydroxylation is 1. The minimum absolute atomic E-state index is 0.0694. The number of rotatable bonds is 6. The predicted molar refractivity (Wildman–Crippen MR) is 148 cm³/mol. The van der Waals surface area contributed by atoms with E-state index in [2.05, 4.69) is 21.1 Å². The SMILES string of the molecule is CC.CO[S+](c1ccc(C)cc1)C1C(C(=O)c2ccc(Br)cc2)=NOC1(O)C(C)F.c1ccccc1. The number of halogens is 2. The molecule has 36 heavy (non-hydrogen) atoms. The summed E-state index contributed by atoms with van der Waals surface area (Å²) < 4.78 is 20.8. The van der Waals surface area contributed by atoms with E-state index in [0.29, 0.717) is 10.5 Å². The first-order valence-electron chi connectivity index (χ1n) is 11.5. The highest BCUT2D eigenvalue weighted by atomic mass is 79.9. The first kappa shape index (κ1) is 29.7. The van der Waals surface area contributed by atoms with Crippen molar-refractivity contribution in [2.24, 2.45) is 5.16 Å². The van der Waals surface area contributed by atoms with E-state index in [4.69, 9.17) is 9.02 Å². The Morgan fingerprint density at radius 2 is 1.56 bits per heavy atom. The third kappa shape index (κ3) is 7.26. The first-order valence-corrected chi connectivity index (χ1v) is 13.6. The van der Waals surface area contributed by atoms with Gasteiger partial charge in [-0.3, -0.25) is 4.79 Å². The van der Waals surface area contributed by atoms with Crippen molar-refractivity contribution in [3.8, 4) is 0 Å². The zero-order valence-electron chi connectivity index (χ0n) is 21.0. The van der Waals surface area contributed by atoms with Gasteiger partial charge in [0.05, 0.1) is 7.11 Å². The first-order chi connectivity index (χ1) is 17.3. The van der Waals surface area contributed by atoms with Gasteiger partial charge in [0.1, 0.15) is 0 Å². The zero-order valence-corrected chi connectivity index (χ0v) is 23.4. The zero-order chi connectivity index (χ0) is 26.7. The normalized spacial score (nSPS) is 19.9. The molecule has 1 N–H and O–H groups in total. The van der Waals surface area contributed by atoms with Crippen LogP contribution in [0.15, 0.2) is 99.5 Å². The van der Waals surface area contributed by atoms with Gasteiger partial charge in [-0.15, -0.1) is 0 Å². The Balaban J connectivity index is 0.000000491. The van der Waals surface area contributed by atoms with E-state index in [1.54, 1.807) is 24.3 Å². The Hall–Kier alpha value is -2.52. The summed E-state index contributed by atoms with van der Waals surface area (Å²) in [6, 6.07) is 26.1. The van der Waals surface area contributed by atoms with E-state index in [9.17, 15) is 14.3 Å². The van der Waals surface area contributed by atoms with Gasteiger partial charge in [-0.1, -0.05) is 89.0 Å². The summed E-state index contributed by atoms with van der Waals surface area (Å²) in [5, 5.41) is 13.6. The predicted octanol–water partition coefficient (Wildman–Crippen LogP) is 6.69. The maximum atomic E-state index is 14.4. The Labute approximate surface area is 224 Å². The van der Waals surface area contributed by atoms with Crippen molar-refractivity contribution in [1.82, 2.24) is 0 Å². The number of nitrogens with zero attached hydrogens (tertiary/aromatic N) is 1. The van der Waals surface area contributed by atoms with E-state index in [1.807, 2.05) is 81.4 Å². The number of aliphatic hydroxyl groups is 1. The fourth-order valence-electron chi connectivity index (χ4n) is 3.25. The molecule has 1 aliphatic heterocycles. The molecule has 0 saturated heterocycles. The smallest absolute Gasteiger partial charge is 0.323 e. The van der Waals surface area contributed by atoms with Crippen LogP contribution in [0.3, 0.4) is 0 Å². The molecule has 0 radical (unpaired) electrons. The molecule has 8 heteroatoms. The third-order valence-electron chi connectivity index (χ3n) is 5.14. The van der Waals surface area contributed by atoms with Crippen molar-refractivity contribution in [2.75, 3.05) is 7.11 Å². The standard InChI is InChI=1S/C20H20BrFNO4S.C6H6.C2H6/c1-12-4-10-16(11-5-12)28(26-3)19-17(23-27-20(19,25)13(2)22)18(24)14-6-8-15(21)9-7-14;1-2-4-6-5-3-1;1-2/h4-11,13,19,25H,1-3H3;1-6H;1-2H3/q+1;;. The second-order valence-corrected chi connectivity index (χ2v) is 10.4. The van der Waals surface area contributed by atoms with E-state index in [0.717, 1.165) is 10.0 Å². The number of hydrogen-bond donors (Lipinski definition) is 1. The van der Waals surface area contributed by atoms with Crippen molar-refractivity contribution < 1.29 is 23.3 Å². The largest absolute Gasteiger partial charge is 0.350 e. The molecule has 0 aliphatic carbocycles. The lowest BCUT2D eigenvalue weighted by molar-refractivity contribution is -0.217. The molecular formula is C28H32BrFNO4S+. The molecule has 0 aromatic heterocycles. The minimum atomic E-state index is -2.30. The molecule has 3 aromatic carbocycles. The molecule has 192 valence electrons. The molecule has 1 heterocycles. The average molecular weight is 578 g/mol. The number of ketones is 1. The summed E-state index contributed by atoms with van der Waals surface area (Å²) in [5.74, 6) is -2.75. The maximum absolute atomic E-state index is 14.4. The monoisotopic (exact) mass is 576 g/mol. The fraction of sp³-hybridized carbons (Fsp3) is 0.286. The van der Waals surface area contributed by atoms with Gasteiger partial charge in [0.2, 0.25) is 17.0 Å². The molecule has 0 saturated carbocycles. The summed E-state index contributed by atoms with van der Waals surface area (Å²) >= 11 is 2.15. The summed E-state index contributed by atoms with van der Waals surface area (Å²) in [5.41, 5.74) is 1.33. The van der Waals surface area contributed by atoms with Gasteiger partial charge in [0.15, 0.2) is 16.8 Å². The highest BCUT2D eigenvalue weighted by molar-refractivity contribution is 9.10. The molecule has 0 fully saturated rings. The van der Waals surface area contributed by atoms with Crippen molar-refractivity contribution in [3.63, 3.8) is 0 Å². The van der Waals surface area contributed by atoms with Crippen LogP contribution in [0.2, 0.25) is 0 Å². The van der Waals surface area contributed by atoms with Crippen LogP contribution in [0.25, 0.3) is 0 Å². The van der Waals surface area contributed by atoms with E-state index in [1.165, 1.54) is 14.0 Å². The lowest BCUT2D eigenvalue weighted by atomic mass is 9.98. The van der Waals surface area contributed by atoms with Crippen molar-refractivity contribution in [2.45, 2.75) is 49.8 Å². The Morgan fingerprint density at radius 3 is 2.00 bits per heavy atom. The minimum Gasteiger partial charge on any atom is -0.350 e. The summed E-state index contributed by atoms with van der Waals surface area (Å²) in [6.45, 7) is 7.11. The quantitative estimate of drug-likeness (QED) is 0.262. The number of benzene rings is 3. The summed E-state index contributed by atoms with van der Waals surface area (Å²) in [7, 11) is 1.45. The average Bonchev–Trinajstić information content (AvgIpc) is 3.26. The molecular weight excluding hydrogens is 545 g/mol. The van der Waals surface area contributed by atoms with Crippen molar-refractivity contribution in [1.29, 1.82) is 0 Å². The van der Waals surface area contributed by atoms with Crippen molar-refractivity contribution >= 4 is 38.6 Å². The van der Waals surface area contributed by atoms with E-state index >= 15 is 0 Å². The van der Waals surface area contributed by atoms with Crippen LogP contribution in [-0.2, 0) is 20.2 Å². The van der Waals surface area contributed by atoms with E-state index in [-0.39, 0.29) is 5.71 Å². The van der Waals surface area contributed by atoms with Crippen LogP contribution in [0.4, 0.5) is 4.39 Å². The fourth-order valence-corrected chi connectivity index (χ4v) is 5.46. The topological polar surface area (TPSA) is 68.1 Å². The molecule has 1 aliphatic rings. The molecule has 4 atom stereocenters. The Morgan fingerprint density at radius 1 is 1.06 bits per heavy atom. The van der Waals surface area contributed by atoms with Crippen LogP contribution in [0.5, 0.6) is 0 Å². The lowest BCUT2D eigenvalue weighted by Gasteiger charge is -2.26. The number of carbonyl (C=O) groups excluding carboxylic acids is 1. The second kappa shape index (κ2) is 14.3. The molecule has 5 nitrogen and oxygen atoms in total. The van der Waals surface area contributed by atoms with Gasteiger partial charge in [-0.25, -0.2) is 4.39 Å². The molecule has 4 rings (SSSR count). The van der Waals surface area contributed by atoms with Crippen LogP contribution in [0, 0.1) is 6.92 Å². The number of Topliss-reactive ketones (excluding diaryl/α,β-unsaturated/α-hetero) is 1. The Bertz CT molecular complexity index is 1080. The van der Waals surface area contributed by atoms with Gasteiger partial charge in [0.25, 0.3) is 5.25 Å². The molecule has 0 amide bonds. The van der Waals surface area contributed by atoms with Gasteiger partial charge in [0, 0.05) is 10.0 Å². The highest BCUT2D eigenvalue weighted by Gasteiger charge is 2.65. The lowest BCUT2D eigenvalue weighted by Crippen LogP contribution is -2.55. The van der Waals surface area contributed by atoms with Gasteiger partial charge in [-0.05, 0) is 50.2 Å². The highest BCUT2D eigenvalue weighted by Crippen LogP contribution is 2.38. The van der Waals surface area contributed by atoms with Crippen LogP contribution >= 0.6 is 15.9 Å². The van der Waals surface area contributed by atoms with Gasteiger partial charge in [-0.2, -0.15) is 4.18 Å². The second-order valence-electron chi connectivity index (χ2n) is 7.58. The number of alkyl halides is 1.